The fraction of sp³-hybridized carbons (Fsp3) is 0.548. The van der Waals surface area contributed by atoms with E-state index >= 15 is 0 Å². The molecule has 38 heavy (non-hydrogen) atoms. The highest BCUT2D eigenvalue weighted by molar-refractivity contribution is 6.03. The predicted octanol–water partition coefficient (Wildman–Crippen LogP) is 5.24. The molecule has 0 N–H and O–H groups in total. The number of carbonyl (C=O) groups excluding carboxylic acids is 4. The highest BCUT2D eigenvalue weighted by atomic mass is 16.6. The molecule has 0 spiro atoms. The van der Waals surface area contributed by atoms with E-state index in [2.05, 4.69) is 20.4 Å². The number of allylic oxidation sites excluding steroid dienone is 1. The second kappa shape index (κ2) is 10.2. The number of carbonyl (C=O) groups is 4. The molecular formula is C31H38O7. The molecule has 204 valence electrons. The third-order valence-corrected chi connectivity index (χ3v) is 8.77. The van der Waals surface area contributed by atoms with Crippen LogP contribution in [-0.4, -0.2) is 41.5 Å². The molecule has 7 atom stereocenters. The van der Waals surface area contributed by atoms with Crippen molar-refractivity contribution in [2.75, 3.05) is 0 Å². The minimum Gasteiger partial charge on any atom is -0.458 e. The van der Waals surface area contributed by atoms with Gasteiger partial charge in [-0.25, -0.2) is 4.79 Å². The zero-order valence-electron chi connectivity index (χ0n) is 23.1. The van der Waals surface area contributed by atoms with Crippen molar-refractivity contribution in [2.45, 2.75) is 78.6 Å². The van der Waals surface area contributed by atoms with E-state index in [1.807, 2.05) is 13.0 Å². The number of benzene rings is 1. The van der Waals surface area contributed by atoms with Crippen LogP contribution in [0, 0.1) is 29.1 Å². The van der Waals surface area contributed by atoms with Crippen molar-refractivity contribution in [1.29, 1.82) is 0 Å². The zero-order valence-corrected chi connectivity index (χ0v) is 23.1. The van der Waals surface area contributed by atoms with Crippen molar-refractivity contribution in [1.82, 2.24) is 0 Å². The number of hydrogen-bond acceptors (Lipinski definition) is 7. The molecule has 0 amide bonds. The van der Waals surface area contributed by atoms with Crippen LogP contribution in [0.25, 0.3) is 0 Å². The summed E-state index contributed by atoms with van der Waals surface area (Å²) in [5.74, 6) is -2.89. The lowest BCUT2D eigenvalue weighted by molar-refractivity contribution is -0.179. The van der Waals surface area contributed by atoms with Crippen molar-refractivity contribution in [3.05, 3.63) is 59.7 Å². The van der Waals surface area contributed by atoms with Crippen LogP contribution in [0.15, 0.2) is 54.1 Å². The van der Waals surface area contributed by atoms with Gasteiger partial charge >= 0.3 is 17.9 Å². The van der Waals surface area contributed by atoms with E-state index in [0.29, 0.717) is 29.0 Å². The third-order valence-electron chi connectivity index (χ3n) is 8.77. The monoisotopic (exact) mass is 522 g/mol. The standard InChI is InChI=1S/C31H38O7/c1-17-13-14-23-24(30(23,6)7)15-18(2)28(34)31(38-21(5)33)16-19(3)27(25(31)26(17)36-20(4)32)37-29(35)22-11-9-8-10-12-22/h8-12,15,19,23-27H,1,13-14,16H2,2-7H3/t19?,23?,24?,25-,26?,27?,31-/m1/s1. The SMILES string of the molecule is C=C1CCC2C(C=C(C)C(=O)[C@@]3(OC(C)=O)CC(C)C(OC(=O)c4ccccc4)[C@H]3C1OC(C)=O)C2(C)C. The zero-order chi connectivity index (χ0) is 28.0. The van der Waals surface area contributed by atoms with Gasteiger partial charge in [0.1, 0.15) is 12.2 Å². The molecule has 1 aromatic rings. The van der Waals surface area contributed by atoms with Crippen LogP contribution in [0.3, 0.4) is 0 Å². The third kappa shape index (κ3) is 4.95. The number of Topliss-reactive ketones (excluding diaryl/α,β-unsaturated/α-hetero) is 1. The Bertz CT molecular complexity index is 1180. The van der Waals surface area contributed by atoms with Gasteiger partial charge in [0, 0.05) is 20.3 Å². The van der Waals surface area contributed by atoms with E-state index < -0.39 is 41.6 Å². The lowest BCUT2D eigenvalue weighted by Gasteiger charge is -2.39. The lowest BCUT2D eigenvalue weighted by atomic mass is 9.76. The molecule has 0 bridgehead atoms. The molecule has 5 unspecified atom stereocenters. The number of hydrogen-bond donors (Lipinski definition) is 0. The Morgan fingerprint density at radius 1 is 1.03 bits per heavy atom. The molecule has 0 aromatic heterocycles. The maximum Gasteiger partial charge on any atom is 0.338 e. The number of ether oxygens (including phenoxy) is 3. The molecule has 2 saturated carbocycles. The molecule has 0 aliphatic heterocycles. The number of ketones is 1. The summed E-state index contributed by atoms with van der Waals surface area (Å²) in [4.78, 5) is 52.4. The summed E-state index contributed by atoms with van der Waals surface area (Å²) >= 11 is 0. The fourth-order valence-corrected chi connectivity index (χ4v) is 6.80. The van der Waals surface area contributed by atoms with Crippen LogP contribution in [0.2, 0.25) is 0 Å². The van der Waals surface area contributed by atoms with E-state index in [1.165, 1.54) is 13.8 Å². The van der Waals surface area contributed by atoms with Gasteiger partial charge in [-0.05, 0) is 66.2 Å². The van der Waals surface area contributed by atoms with Crippen LogP contribution in [0.4, 0.5) is 0 Å². The quantitative estimate of drug-likeness (QED) is 0.303. The number of esters is 3. The lowest BCUT2D eigenvalue weighted by Crippen LogP contribution is -2.55. The van der Waals surface area contributed by atoms with Gasteiger partial charge in [0.05, 0.1) is 11.5 Å². The van der Waals surface area contributed by atoms with Crippen molar-refractivity contribution in [2.24, 2.45) is 29.1 Å². The first-order valence-corrected chi connectivity index (χ1v) is 13.3. The Balaban J connectivity index is 1.87. The fourth-order valence-electron chi connectivity index (χ4n) is 6.80. The van der Waals surface area contributed by atoms with Gasteiger partial charge in [0.25, 0.3) is 0 Å². The van der Waals surface area contributed by atoms with Crippen LogP contribution in [-0.2, 0) is 28.6 Å². The molecule has 7 heteroatoms. The first-order valence-electron chi connectivity index (χ1n) is 13.3. The van der Waals surface area contributed by atoms with Gasteiger partial charge < -0.3 is 14.2 Å². The van der Waals surface area contributed by atoms with Gasteiger partial charge in [-0.2, -0.15) is 0 Å². The summed E-state index contributed by atoms with van der Waals surface area (Å²) in [7, 11) is 0. The average Bonchev–Trinajstić information content (AvgIpc) is 3.24. The van der Waals surface area contributed by atoms with E-state index in [0.717, 1.165) is 6.42 Å². The smallest absolute Gasteiger partial charge is 0.338 e. The Hall–Kier alpha value is -3.22. The summed E-state index contributed by atoms with van der Waals surface area (Å²) < 4.78 is 17.9. The molecule has 0 radical (unpaired) electrons. The van der Waals surface area contributed by atoms with E-state index in [9.17, 15) is 19.2 Å². The van der Waals surface area contributed by atoms with Crippen molar-refractivity contribution in [3.63, 3.8) is 0 Å². The van der Waals surface area contributed by atoms with Gasteiger partial charge in [-0.3, -0.25) is 14.4 Å². The van der Waals surface area contributed by atoms with Crippen molar-refractivity contribution >= 4 is 23.7 Å². The largest absolute Gasteiger partial charge is 0.458 e. The second-order valence-corrected chi connectivity index (χ2v) is 11.8. The molecule has 3 aliphatic carbocycles. The Morgan fingerprint density at radius 3 is 2.29 bits per heavy atom. The van der Waals surface area contributed by atoms with Crippen LogP contribution < -0.4 is 0 Å². The van der Waals surface area contributed by atoms with Gasteiger partial charge in [0.15, 0.2) is 5.60 Å². The van der Waals surface area contributed by atoms with Crippen LogP contribution in [0.5, 0.6) is 0 Å². The molecule has 7 nitrogen and oxygen atoms in total. The summed E-state index contributed by atoms with van der Waals surface area (Å²) in [6.45, 7) is 14.8. The van der Waals surface area contributed by atoms with Gasteiger partial charge in [0.2, 0.25) is 5.78 Å². The minimum atomic E-state index is -1.69. The molecule has 3 aliphatic rings. The van der Waals surface area contributed by atoms with E-state index in [1.54, 1.807) is 37.3 Å². The maximum atomic E-state index is 14.3. The molecule has 1 aromatic carbocycles. The molecule has 0 saturated heterocycles. The predicted molar refractivity (Wildman–Crippen MR) is 141 cm³/mol. The Morgan fingerprint density at radius 2 is 1.68 bits per heavy atom. The summed E-state index contributed by atoms with van der Waals surface area (Å²) in [6.07, 6.45) is 1.63. The Labute approximate surface area is 224 Å². The van der Waals surface area contributed by atoms with Crippen LogP contribution in [0.1, 0.15) is 71.2 Å². The summed E-state index contributed by atoms with van der Waals surface area (Å²) in [5.41, 5.74) is -0.203. The number of rotatable bonds is 4. The summed E-state index contributed by atoms with van der Waals surface area (Å²) in [6, 6.07) is 8.56. The number of fused-ring (bicyclic) bond motifs is 2. The highest BCUT2D eigenvalue weighted by Crippen LogP contribution is 2.62. The van der Waals surface area contributed by atoms with Crippen LogP contribution >= 0.6 is 0 Å². The molecule has 2 fully saturated rings. The molecule has 4 rings (SSSR count). The van der Waals surface area contributed by atoms with E-state index in [-0.39, 0.29) is 29.5 Å². The Kier molecular flexibility index (Phi) is 7.43. The van der Waals surface area contributed by atoms with E-state index in [4.69, 9.17) is 14.2 Å². The van der Waals surface area contributed by atoms with Gasteiger partial charge in [-0.15, -0.1) is 0 Å². The maximum absolute atomic E-state index is 14.3. The topological polar surface area (TPSA) is 96.0 Å². The van der Waals surface area contributed by atoms with Crippen molar-refractivity contribution < 1.29 is 33.4 Å². The van der Waals surface area contributed by atoms with Crippen molar-refractivity contribution in [3.8, 4) is 0 Å². The minimum absolute atomic E-state index is 0.0165. The average molecular weight is 523 g/mol. The van der Waals surface area contributed by atoms with Gasteiger partial charge in [-0.1, -0.05) is 51.6 Å². The highest BCUT2D eigenvalue weighted by Gasteiger charge is 2.65. The normalized spacial score (nSPS) is 34.1. The second-order valence-electron chi connectivity index (χ2n) is 11.8. The molecular weight excluding hydrogens is 484 g/mol. The molecule has 0 heterocycles. The first-order chi connectivity index (χ1) is 17.8. The summed E-state index contributed by atoms with van der Waals surface area (Å²) in [5, 5.41) is 0. The first kappa shape index (κ1) is 27.8.